The van der Waals surface area contributed by atoms with Crippen molar-refractivity contribution in [1.82, 2.24) is 0 Å². The predicted octanol–water partition coefficient (Wildman–Crippen LogP) is 3.57. The minimum Gasteiger partial charge on any atom is -0.489 e. The van der Waals surface area contributed by atoms with Gasteiger partial charge in [-0.05, 0) is 49.1 Å². The fourth-order valence-electron chi connectivity index (χ4n) is 1.48. The van der Waals surface area contributed by atoms with Crippen LogP contribution in [0.5, 0.6) is 5.75 Å². The first-order valence-electron chi connectivity index (χ1n) is 5.86. The molecule has 0 aliphatic heterocycles. The summed E-state index contributed by atoms with van der Waals surface area (Å²) in [5.41, 5.74) is 7.94. The van der Waals surface area contributed by atoms with Crippen LogP contribution in [-0.2, 0) is 6.42 Å². The van der Waals surface area contributed by atoms with Gasteiger partial charge in [-0.3, -0.25) is 0 Å². The normalized spacial score (nSPS) is 12.2. The van der Waals surface area contributed by atoms with Gasteiger partial charge in [-0.25, -0.2) is 0 Å². The van der Waals surface area contributed by atoms with Crippen LogP contribution in [0.3, 0.4) is 0 Å². The van der Waals surface area contributed by atoms with Crippen molar-refractivity contribution in [2.45, 2.75) is 32.7 Å². The number of halogens is 1. The van der Waals surface area contributed by atoms with Crippen LogP contribution in [0.1, 0.15) is 25.8 Å². The van der Waals surface area contributed by atoms with E-state index in [1.165, 1.54) is 0 Å². The number of benzene rings is 1. The molecule has 2 nitrogen and oxygen atoms in total. The summed E-state index contributed by atoms with van der Waals surface area (Å²) in [5.74, 6) is 0.848. The maximum Gasteiger partial charge on any atom is 0.123 e. The van der Waals surface area contributed by atoms with Gasteiger partial charge in [-0.15, -0.1) is 0 Å². The monoisotopic (exact) mass is 253 g/mol. The standard InChI is InChI=1S/C14H20ClNO/c1-4-10(2)9-17-14-6-5-13(15)8-12(14)7-11(3)16/h5-6,8,11H,2,4,7,9,16H2,1,3H3. The summed E-state index contributed by atoms with van der Waals surface area (Å²) >= 11 is 5.98. The molecule has 0 saturated carbocycles. The van der Waals surface area contributed by atoms with Crippen molar-refractivity contribution in [2.75, 3.05) is 6.61 Å². The number of nitrogens with two attached hydrogens (primary N) is 1. The molecule has 0 bridgehead atoms. The van der Waals surface area contributed by atoms with E-state index in [2.05, 4.69) is 13.5 Å². The Morgan fingerprint density at radius 1 is 1.53 bits per heavy atom. The van der Waals surface area contributed by atoms with Crippen LogP contribution in [0.25, 0.3) is 0 Å². The third-order valence-corrected chi connectivity index (χ3v) is 2.73. The van der Waals surface area contributed by atoms with Crippen LogP contribution in [0, 0.1) is 0 Å². The van der Waals surface area contributed by atoms with E-state index in [0.29, 0.717) is 11.6 Å². The highest BCUT2D eigenvalue weighted by Gasteiger charge is 2.07. The average molecular weight is 254 g/mol. The Morgan fingerprint density at radius 2 is 2.24 bits per heavy atom. The molecule has 1 unspecified atom stereocenters. The highest BCUT2D eigenvalue weighted by Crippen LogP contribution is 2.24. The lowest BCUT2D eigenvalue weighted by molar-refractivity contribution is 0.344. The van der Waals surface area contributed by atoms with Gasteiger partial charge in [-0.2, -0.15) is 0 Å². The summed E-state index contributed by atoms with van der Waals surface area (Å²) < 4.78 is 5.73. The van der Waals surface area contributed by atoms with E-state index in [4.69, 9.17) is 22.1 Å². The average Bonchev–Trinajstić information content (AvgIpc) is 2.26. The molecule has 94 valence electrons. The molecule has 2 N–H and O–H groups in total. The maximum absolute atomic E-state index is 5.98. The zero-order valence-corrected chi connectivity index (χ0v) is 11.3. The summed E-state index contributed by atoms with van der Waals surface area (Å²) in [6.07, 6.45) is 1.69. The lowest BCUT2D eigenvalue weighted by Gasteiger charge is -2.14. The molecule has 0 aromatic heterocycles. The second-order valence-electron chi connectivity index (χ2n) is 4.33. The maximum atomic E-state index is 5.98. The molecular formula is C14H20ClNO. The van der Waals surface area contributed by atoms with Gasteiger partial charge in [0.25, 0.3) is 0 Å². The lowest BCUT2D eigenvalue weighted by Crippen LogP contribution is -2.18. The van der Waals surface area contributed by atoms with Crippen molar-refractivity contribution in [1.29, 1.82) is 0 Å². The van der Waals surface area contributed by atoms with Crippen LogP contribution >= 0.6 is 11.6 Å². The van der Waals surface area contributed by atoms with Gasteiger partial charge in [0.2, 0.25) is 0 Å². The molecule has 0 spiro atoms. The molecule has 0 saturated heterocycles. The van der Waals surface area contributed by atoms with Crippen LogP contribution in [-0.4, -0.2) is 12.6 Å². The second-order valence-corrected chi connectivity index (χ2v) is 4.76. The molecule has 0 radical (unpaired) electrons. The second kappa shape index (κ2) is 6.67. The quantitative estimate of drug-likeness (QED) is 0.787. The van der Waals surface area contributed by atoms with Gasteiger partial charge < -0.3 is 10.5 Å². The highest BCUT2D eigenvalue weighted by molar-refractivity contribution is 6.30. The molecule has 1 aromatic carbocycles. The molecule has 1 aromatic rings. The van der Waals surface area contributed by atoms with Crippen molar-refractivity contribution in [3.63, 3.8) is 0 Å². The van der Waals surface area contributed by atoms with Crippen molar-refractivity contribution < 1.29 is 4.74 Å². The fourth-order valence-corrected chi connectivity index (χ4v) is 1.67. The summed E-state index contributed by atoms with van der Waals surface area (Å²) in [7, 11) is 0. The first kappa shape index (κ1) is 14.1. The van der Waals surface area contributed by atoms with Crippen molar-refractivity contribution >= 4 is 11.6 Å². The fraction of sp³-hybridized carbons (Fsp3) is 0.429. The van der Waals surface area contributed by atoms with Gasteiger partial charge >= 0.3 is 0 Å². The van der Waals surface area contributed by atoms with Crippen molar-refractivity contribution in [3.8, 4) is 5.75 Å². The summed E-state index contributed by atoms with van der Waals surface area (Å²) in [6.45, 7) is 8.50. The first-order chi connectivity index (χ1) is 8.02. The lowest BCUT2D eigenvalue weighted by atomic mass is 10.1. The van der Waals surface area contributed by atoms with Gasteiger partial charge in [0.1, 0.15) is 12.4 Å². The van der Waals surface area contributed by atoms with Gasteiger partial charge in [0.05, 0.1) is 0 Å². The molecular weight excluding hydrogens is 234 g/mol. The minimum absolute atomic E-state index is 0.0881. The van der Waals surface area contributed by atoms with Crippen molar-refractivity contribution in [3.05, 3.63) is 40.9 Å². The molecule has 0 aliphatic rings. The molecule has 1 rings (SSSR count). The molecule has 0 aliphatic carbocycles. The summed E-state index contributed by atoms with van der Waals surface area (Å²) in [6, 6.07) is 5.72. The van der Waals surface area contributed by atoms with Crippen molar-refractivity contribution in [2.24, 2.45) is 5.73 Å². The highest BCUT2D eigenvalue weighted by atomic mass is 35.5. The third kappa shape index (κ3) is 4.80. The van der Waals surface area contributed by atoms with E-state index >= 15 is 0 Å². The third-order valence-electron chi connectivity index (χ3n) is 2.50. The van der Waals surface area contributed by atoms with E-state index < -0.39 is 0 Å². The Balaban J connectivity index is 2.78. The zero-order valence-electron chi connectivity index (χ0n) is 10.5. The molecule has 0 heterocycles. The zero-order chi connectivity index (χ0) is 12.8. The summed E-state index contributed by atoms with van der Waals surface area (Å²) in [5, 5.41) is 0.710. The van der Waals surface area contributed by atoms with Crippen LogP contribution in [0.4, 0.5) is 0 Å². The van der Waals surface area contributed by atoms with Gasteiger partial charge in [-0.1, -0.05) is 25.1 Å². The van der Waals surface area contributed by atoms with Crippen LogP contribution in [0.2, 0.25) is 5.02 Å². The number of rotatable bonds is 6. The number of ether oxygens (including phenoxy) is 1. The molecule has 1 atom stereocenters. The number of hydrogen-bond acceptors (Lipinski definition) is 2. The van der Waals surface area contributed by atoms with Crippen LogP contribution < -0.4 is 10.5 Å². The Morgan fingerprint density at radius 3 is 2.82 bits per heavy atom. The van der Waals surface area contributed by atoms with E-state index in [9.17, 15) is 0 Å². The SMILES string of the molecule is C=C(CC)COc1ccc(Cl)cc1CC(C)N. The molecule has 0 amide bonds. The Kier molecular flexibility index (Phi) is 5.52. The summed E-state index contributed by atoms with van der Waals surface area (Å²) in [4.78, 5) is 0. The van der Waals surface area contributed by atoms with E-state index in [0.717, 1.165) is 29.7 Å². The Labute approximate surface area is 108 Å². The van der Waals surface area contributed by atoms with E-state index in [1.54, 1.807) is 0 Å². The van der Waals surface area contributed by atoms with Gasteiger partial charge in [0.15, 0.2) is 0 Å². The van der Waals surface area contributed by atoms with Gasteiger partial charge in [0, 0.05) is 11.1 Å². The Bertz CT molecular complexity index is 388. The molecule has 17 heavy (non-hydrogen) atoms. The van der Waals surface area contributed by atoms with E-state index in [-0.39, 0.29) is 6.04 Å². The number of hydrogen-bond donors (Lipinski definition) is 1. The van der Waals surface area contributed by atoms with E-state index in [1.807, 2.05) is 25.1 Å². The molecule has 0 fully saturated rings. The topological polar surface area (TPSA) is 35.2 Å². The molecule has 3 heteroatoms. The first-order valence-corrected chi connectivity index (χ1v) is 6.24. The van der Waals surface area contributed by atoms with Crippen LogP contribution in [0.15, 0.2) is 30.4 Å². The smallest absolute Gasteiger partial charge is 0.123 e. The predicted molar refractivity (Wildman–Crippen MR) is 73.7 cm³/mol. The minimum atomic E-state index is 0.0881. The largest absolute Gasteiger partial charge is 0.489 e. The Hall–Kier alpha value is -0.990.